The number of benzene rings is 1. The van der Waals surface area contributed by atoms with E-state index in [-0.39, 0.29) is 35.8 Å². The predicted octanol–water partition coefficient (Wildman–Crippen LogP) is 4.61. The van der Waals surface area contributed by atoms with E-state index < -0.39 is 5.60 Å². The van der Waals surface area contributed by atoms with Crippen LogP contribution >= 0.6 is 11.3 Å². The average molecular weight is 695 g/mol. The third kappa shape index (κ3) is 6.62. The van der Waals surface area contributed by atoms with E-state index in [1.165, 1.54) is 22.2 Å². The Kier molecular flexibility index (Phi) is 9.42. The number of aromatic nitrogens is 4. The number of fused-ring (bicyclic) bond motifs is 1. The number of likely N-dealkylation sites (tertiary alicyclic amines) is 2. The Labute approximate surface area is 294 Å². The van der Waals surface area contributed by atoms with Crippen molar-refractivity contribution in [3.8, 4) is 10.4 Å². The molecule has 50 heavy (non-hydrogen) atoms. The summed E-state index contributed by atoms with van der Waals surface area (Å²) in [6.07, 6.45) is 6.32. The number of rotatable bonds is 8. The molecule has 0 radical (unpaired) electrons. The summed E-state index contributed by atoms with van der Waals surface area (Å²) in [6.45, 7) is 4.14. The topological polar surface area (TPSA) is 123 Å². The summed E-state index contributed by atoms with van der Waals surface area (Å²) in [6, 6.07) is 17.6. The molecule has 12 heteroatoms. The fraction of sp³-hybridized carbons (Fsp3) is 0.395. The number of methoxy groups -OCH3 is 1. The molecule has 0 saturated carbocycles. The summed E-state index contributed by atoms with van der Waals surface area (Å²) < 4.78 is 8.76. The standard InChI is InChI=1S/C38H42N6O5S/c1-25-19-27(9-14-39-25)33-28(22-49-3)20-32(50-33)37(47)43-16-11-29(31(21-43)26-7-5-4-6-8-26)35(45)42-17-12-38(48,13-18-42)23-44-24-40-34-30(36(44)46)10-15-41(34)2/h4-10,14-15,19-20,24,29,31,48H,11-13,16-18,21-23H2,1-3H3/t29-,31+/m1/s1. The predicted molar refractivity (Wildman–Crippen MR) is 192 cm³/mol. The number of carbonyl (C=O) groups excluding carboxylic acids is 2. The quantitative estimate of drug-likeness (QED) is 0.252. The van der Waals surface area contributed by atoms with Crippen LogP contribution in [-0.2, 0) is 29.7 Å². The number of piperidine rings is 2. The fourth-order valence-electron chi connectivity index (χ4n) is 7.50. The van der Waals surface area contributed by atoms with E-state index in [0.717, 1.165) is 27.3 Å². The summed E-state index contributed by atoms with van der Waals surface area (Å²) in [7, 11) is 3.49. The molecule has 5 aromatic rings. The largest absolute Gasteiger partial charge is 0.388 e. The molecule has 2 aliphatic heterocycles. The van der Waals surface area contributed by atoms with Gasteiger partial charge in [-0.15, -0.1) is 11.3 Å². The Hall–Kier alpha value is -4.65. The molecule has 2 atom stereocenters. The van der Waals surface area contributed by atoms with Gasteiger partial charge in [-0.05, 0) is 67.1 Å². The number of thiophene rings is 1. The maximum absolute atomic E-state index is 14.2. The first-order chi connectivity index (χ1) is 24.1. The van der Waals surface area contributed by atoms with Crippen LogP contribution in [0.5, 0.6) is 0 Å². The van der Waals surface area contributed by atoms with Crippen LogP contribution in [0.3, 0.4) is 0 Å². The van der Waals surface area contributed by atoms with Gasteiger partial charge in [0.15, 0.2) is 0 Å². The number of hydrogen-bond acceptors (Lipinski definition) is 8. The zero-order valence-corrected chi connectivity index (χ0v) is 29.4. The Morgan fingerprint density at radius 3 is 2.56 bits per heavy atom. The monoisotopic (exact) mass is 694 g/mol. The van der Waals surface area contributed by atoms with Gasteiger partial charge >= 0.3 is 0 Å². The van der Waals surface area contributed by atoms with Gasteiger partial charge in [-0.2, -0.15) is 0 Å². The smallest absolute Gasteiger partial charge is 0.263 e. The second kappa shape index (κ2) is 13.9. The molecule has 1 aromatic carbocycles. The van der Waals surface area contributed by atoms with E-state index in [1.807, 2.05) is 72.3 Å². The van der Waals surface area contributed by atoms with Crippen LogP contribution in [0.15, 0.2) is 78.1 Å². The van der Waals surface area contributed by atoms with E-state index in [2.05, 4.69) is 9.97 Å². The Balaban J connectivity index is 1.06. The molecule has 1 N–H and O–H groups in total. The van der Waals surface area contributed by atoms with Gasteiger partial charge in [0.05, 0.1) is 29.0 Å². The van der Waals surface area contributed by atoms with Crippen molar-refractivity contribution in [3.05, 3.63) is 105 Å². The normalized spacial score (nSPS) is 19.2. The van der Waals surface area contributed by atoms with E-state index in [9.17, 15) is 19.5 Å². The first kappa shape index (κ1) is 33.8. The molecular formula is C38H42N6O5S. The molecule has 6 heterocycles. The molecule has 2 aliphatic rings. The first-order valence-corrected chi connectivity index (χ1v) is 17.9. The third-order valence-corrected chi connectivity index (χ3v) is 11.5. The molecule has 0 spiro atoms. The number of amides is 2. The molecular weight excluding hydrogens is 653 g/mol. The molecule has 0 unspecified atom stereocenters. The highest BCUT2D eigenvalue weighted by Gasteiger charge is 2.42. The van der Waals surface area contributed by atoms with Crippen LogP contribution in [-0.4, -0.2) is 84.7 Å². The van der Waals surface area contributed by atoms with E-state index in [0.29, 0.717) is 68.0 Å². The van der Waals surface area contributed by atoms with Crippen molar-refractivity contribution in [1.82, 2.24) is 28.9 Å². The number of aliphatic hydroxyl groups is 1. The summed E-state index contributed by atoms with van der Waals surface area (Å²) in [5, 5.41) is 12.0. The van der Waals surface area contributed by atoms with Crippen LogP contribution in [0.2, 0.25) is 0 Å². The SMILES string of the molecule is COCc1cc(C(=O)N2CC[C@@H](C(=O)N3CCC(O)(Cn4cnc5c(ccn5C)c4=O)CC3)[C@H](c3ccccc3)C2)sc1-c1ccnc(C)c1. The van der Waals surface area contributed by atoms with Gasteiger partial charge in [0.25, 0.3) is 11.5 Å². The van der Waals surface area contributed by atoms with Crippen molar-refractivity contribution >= 4 is 34.2 Å². The summed E-state index contributed by atoms with van der Waals surface area (Å²) in [5.74, 6) is -0.475. The van der Waals surface area contributed by atoms with Gasteiger partial charge in [0, 0.05) is 75.1 Å². The number of nitrogens with zero attached hydrogens (tertiary/aromatic N) is 6. The highest BCUT2D eigenvalue weighted by molar-refractivity contribution is 7.17. The summed E-state index contributed by atoms with van der Waals surface area (Å²) in [4.78, 5) is 55.5. The molecule has 4 aromatic heterocycles. The van der Waals surface area contributed by atoms with Crippen molar-refractivity contribution in [2.24, 2.45) is 13.0 Å². The lowest BCUT2D eigenvalue weighted by molar-refractivity contribution is -0.142. The minimum Gasteiger partial charge on any atom is -0.388 e. The maximum atomic E-state index is 14.2. The maximum Gasteiger partial charge on any atom is 0.263 e. The first-order valence-electron chi connectivity index (χ1n) is 17.0. The fourth-order valence-corrected chi connectivity index (χ4v) is 8.63. The molecule has 7 rings (SSSR count). The lowest BCUT2D eigenvalue weighted by Gasteiger charge is -2.43. The van der Waals surface area contributed by atoms with Crippen LogP contribution in [0.4, 0.5) is 0 Å². The Morgan fingerprint density at radius 2 is 1.82 bits per heavy atom. The van der Waals surface area contributed by atoms with E-state index in [4.69, 9.17) is 4.74 Å². The van der Waals surface area contributed by atoms with Crippen molar-refractivity contribution in [1.29, 1.82) is 0 Å². The van der Waals surface area contributed by atoms with Crippen molar-refractivity contribution in [2.75, 3.05) is 33.3 Å². The summed E-state index contributed by atoms with van der Waals surface area (Å²) >= 11 is 1.47. The number of pyridine rings is 1. The zero-order chi connectivity index (χ0) is 35.0. The number of ether oxygens (including phenoxy) is 1. The molecule has 2 saturated heterocycles. The number of aryl methyl sites for hydroxylation is 2. The number of carbonyl (C=O) groups is 2. The second-order valence-corrected chi connectivity index (χ2v) is 14.7. The second-order valence-electron chi connectivity index (χ2n) is 13.6. The van der Waals surface area contributed by atoms with Crippen LogP contribution < -0.4 is 5.56 Å². The Bertz CT molecular complexity index is 2080. The van der Waals surface area contributed by atoms with Crippen molar-refractivity contribution in [3.63, 3.8) is 0 Å². The summed E-state index contributed by atoms with van der Waals surface area (Å²) in [5.41, 5.74) is 3.19. The lowest BCUT2D eigenvalue weighted by Crippen LogP contribution is -2.53. The van der Waals surface area contributed by atoms with Crippen LogP contribution in [0.1, 0.15) is 51.7 Å². The minimum absolute atomic E-state index is 0.0438. The van der Waals surface area contributed by atoms with Crippen LogP contribution in [0.25, 0.3) is 21.5 Å². The van der Waals surface area contributed by atoms with Gasteiger partial charge in [-0.3, -0.25) is 23.9 Å². The Morgan fingerprint density at radius 1 is 1.04 bits per heavy atom. The van der Waals surface area contributed by atoms with Crippen molar-refractivity contribution < 1.29 is 19.4 Å². The molecule has 2 amide bonds. The lowest BCUT2D eigenvalue weighted by atomic mass is 9.79. The molecule has 11 nitrogen and oxygen atoms in total. The highest BCUT2D eigenvalue weighted by atomic mass is 32.1. The van der Waals surface area contributed by atoms with Gasteiger partial charge in [0.2, 0.25) is 5.91 Å². The zero-order valence-electron chi connectivity index (χ0n) is 28.6. The van der Waals surface area contributed by atoms with Gasteiger partial charge < -0.3 is 24.2 Å². The van der Waals surface area contributed by atoms with E-state index in [1.54, 1.807) is 30.1 Å². The molecule has 2 fully saturated rings. The average Bonchev–Trinajstić information content (AvgIpc) is 3.73. The molecule has 0 bridgehead atoms. The van der Waals surface area contributed by atoms with Crippen molar-refractivity contribution in [2.45, 2.75) is 50.9 Å². The molecule has 0 aliphatic carbocycles. The van der Waals surface area contributed by atoms with Gasteiger partial charge in [-0.1, -0.05) is 30.3 Å². The van der Waals surface area contributed by atoms with Gasteiger partial charge in [0.1, 0.15) is 12.0 Å². The molecule has 260 valence electrons. The highest BCUT2D eigenvalue weighted by Crippen LogP contribution is 2.38. The van der Waals surface area contributed by atoms with E-state index >= 15 is 0 Å². The minimum atomic E-state index is -1.13. The van der Waals surface area contributed by atoms with Crippen LogP contribution in [0, 0.1) is 12.8 Å². The third-order valence-electron chi connectivity index (χ3n) is 10.2. The van der Waals surface area contributed by atoms with Gasteiger partial charge in [-0.25, -0.2) is 4.98 Å². The number of hydrogen-bond donors (Lipinski definition) is 1.